The summed E-state index contributed by atoms with van der Waals surface area (Å²) in [4.78, 5) is 21.3. The van der Waals surface area contributed by atoms with E-state index in [4.69, 9.17) is 11.6 Å². The van der Waals surface area contributed by atoms with Crippen molar-refractivity contribution in [3.8, 4) is 0 Å². The smallest absolute Gasteiger partial charge is 0.265 e. The van der Waals surface area contributed by atoms with Gasteiger partial charge in [0, 0.05) is 36.5 Å². The first-order valence-electron chi connectivity index (χ1n) is 9.86. The predicted octanol–water partition coefficient (Wildman–Crippen LogP) is 3.42. The average molecular weight is 457 g/mol. The highest BCUT2D eigenvalue weighted by atomic mass is 35.5. The maximum atomic E-state index is 13.0. The van der Waals surface area contributed by atoms with Crippen molar-refractivity contribution in [2.45, 2.75) is 31.0 Å². The van der Waals surface area contributed by atoms with Gasteiger partial charge in [0.15, 0.2) is 0 Å². The monoisotopic (exact) mass is 456 g/mol. The van der Waals surface area contributed by atoms with Crippen molar-refractivity contribution in [3.05, 3.63) is 76.5 Å². The molecule has 7 nitrogen and oxygen atoms in total. The Morgan fingerprint density at radius 3 is 2.65 bits per heavy atom. The molecule has 0 spiro atoms. The summed E-state index contributed by atoms with van der Waals surface area (Å²) in [5, 5.41) is 2.95. The first-order chi connectivity index (χ1) is 14.9. The maximum Gasteiger partial charge on any atom is 0.265 e. The fourth-order valence-corrected chi connectivity index (χ4v) is 5.20. The molecule has 0 saturated carbocycles. The zero-order valence-electron chi connectivity index (χ0n) is 16.8. The van der Waals surface area contributed by atoms with Gasteiger partial charge in [0.1, 0.15) is 4.90 Å². The second kappa shape index (κ2) is 8.64. The summed E-state index contributed by atoms with van der Waals surface area (Å²) in [7, 11) is -3.78. The molecule has 0 radical (unpaired) electrons. The van der Waals surface area contributed by atoms with Gasteiger partial charge < -0.3 is 5.32 Å². The van der Waals surface area contributed by atoms with Crippen LogP contribution in [0.3, 0.4) is 0 Å². The van der Waals surface area contributed by atoms with Crippen LogP contribution in [0.15, 0.2) is 75.2 Å². The fourth-order valence-electron chi connectivity index (χ4n) is 3.37. The molecule has 2 aliphatic heterocycles. The van der Waals surface area contributed by atoms with Crippen molar-refractivity contribution in [1.29, 1.82) is 0 Å². The summed E-state index contributed by atoms with van der Waals surface area (Å²) in [5.41, 5.74) is 2.99. The molecule has 2 heterocycles. The summed E-state index contributed by atoms with van der Waals surface area (Å²) in [6, 6.07) is 13.7. The molecular weight excluding hydrogens is 436 g/mol. The van der Waals surface area contributed by atoms with E-state index in [-0.39, 0.29) is 22.4 Å². The van der Waals surface area contributed by atoms with Crippen LogP contribution in [0.4, 0.5) is 0 Å². The van der Waals surface area contributed by atoms with Crippen molar-refractivity contribution in [2.24, 2.45) is 9.98 Å². The third kappa shape index (κ3) is 4.40. The topological polar surface area (TPSA) is 91.2 Å². The largest absolute Gasteiger partial charge is 0.312 e. The van der Waals surface area contributed by atoms with Crippen molar-refractivity contribution in [1.82, 2.24) is 9.62 Å². The van der Waals surface area contributed by atoms with Crippen LogP contribution >= 0.6 is 11.6 Å². The van der Waals surface area contributed by atoms with Crippen molar-refractivity contribution >= 4 is 39.5 Å². The highest BCUT2D eigenvalue weighted by Crippen LogP contribution is 2.27. The third-order valence-corrected chi connectivity index (χ3v) is 7.38. The van der Waals surface area contributed by atoms with Gasteiger partial charge in [-0.25, -0.2) is 18.4 Å². The Morgan fingerprint density at radius 2 is 1.94 bits per heavy atom. The molecule has 1 unspecified atom stereocenters. The molecule has 0 bridgehead atoms. The number of benzene rings is 2. The molecule has 0 fully saturated rings. The number of aryl methyl sites for hydroxylation is 1. The van der Waals surface area contributed by atoms with E-state index in [0.717, 1.165) is 12.0 Å². The van der Waals surface area contributed by atoms with Gasteiger partial charge in [-0.2, -0.15) is 0 Å². The predicted molar refractivity (Wildman–Crippen MR) is 121 cm³/mol. The second-order valence-corrected chi connectivity index (χ2v) is 9.40. The molecular formula is C22H21ClN4O3S. The molecule has 0 saturated heterocycles. The molecule has 0 aliphatic carbocycles. The summed E-state index contributed by atoms with van der Waals surface area (Å²) in [6.45, 7) is 2.28. The highest BCUT2D eigenvalue weighted by Gasteiger charge is 2.30. The summed E-state index contributed by atoms with van der Waals surface area (Å²) >= 11 is 6.08. The van der Waals surface area contributed by atoms with E-state index in [9.17, 15) is 13.2 Å². The number of allylic oxidation sites excluding steroid dienone is 1. The number of aliphatic imine (C=N–C) groups is 2. The highest BCUT2D eigenvalue weighted by molar-refractivity contribution is 7.89. The van der Waals surface area contributed by atoms with Crippen LogP contribution in [-0.2, 0) is 16.4 Å². The van der Waals surface area contributed by atoms with Crippen LogP contribution < -0.4 is 5.32 Å². The molecule has 1 amide bonds. The average Bonchev–Trinajstić information content (AvgIpc) is 2.79. The molecule has 1 atom stereocenters. The molecule has 2 aromatic rings. The van der Waals surface area contributed by atoms with Gasteiger partial charge in [-0.1, -0.05) is 42.8 Å². The number of carbonyl (C=O) groups is 1. The normalized spacial score (nSPS) is 18.1. The molecule has 9 heteroatoms. The number of fused-ring (bicyclic) bond motifs is 1. The molecule has 1 N–H and O–H groups in total. The third-order valence-electron chi connectivity index (χ3n) is 5.13. The quantitative estimate of drug-likeness (QED) is 0.747. The van der Waals surface area contributed by atoms with E-state index < -0.39 is 16.3 Å². The SMILES string of the molecule is CCc1ccc(C(=O)NC2N=CC3=CN(S(=O)(=O)c4ccccc4Cl)CCC3=N2)cc1. The van der Waals surface area contributed by atoms with E-state index >= 15 is 0 Å². The lowest BCUT2D eigenvalue weighted by Crippen LogP contribution is -2.38. The minimum Gasteiger partial charge on any atom is -0.312 e. The van der Waals surface area contributed by atoms with Gasteiger partial charge >= 0.3 is 0 Å². The Labute approximate surface area is 186 Å². The second-order valence-electron chi connectivity index (χ2n) is 7.13. The molecule has 2 aliphatic rings. The summed E-state index contributed by atoms with van der Waals surface area (Å²) < 4.78 is 27.2. The lowest BCUT2D eigenvalue weighted by atomic mass is 10.1. The van der Waals surface area contributed by atoms with E-state index in [1.807, 2.05) is 12.1 Å². The summed E-state index contributed by atoms with van der Waals surface area (Å²) in [6.07, 6.45) is 3.62. The molecule has 31 heavy (non-hydrogen) atoms. The minimum absolute atomic E-state index is 0.0564. The Morgan fingerprint density at radius 1 is 1.19 bits per heavy atom. The first-order valence-corrected chi connectivity index (χ1v) is 11.7. The van der Waals surface area contributed by atoms with Gasteiger partial charge in [-0.05, 0) is 36.2 Å². The van der Waals surface area contributed by atoms with E-state index in [1.54, 1.807) is 36.5 Å². The lowest BCUT2D eigenvalue weighted by Gasteiger charge is -2.28. The molecule has 2 aromatic carbocycles. The molecule has 160 valence electrons. The Bertz CT molecular complexity index is 1200. The first kappa shape index (κ1) is 21.3. The lowest BCUT2D eigenvalue weighted by molar-refractivity contribution is 0.0940. The maximum absolute atomic E-state index is 13.0. The number of hydrogen-bond donors (Lipinski definition) is 1. The van der Waals surface area contributed by atoms with Gasteiger partial charge in [0.25, 0.3) is 15.9 Å². The van der Waals surface area contributed by atoms with Gasteiger partial charge in [0.05, 0.1) is 10.7 Å². The van der Waals surface area contributed by atoms with Crippen LogP contribution in [0.1, 0.15) is 29.3 Å². The number of carbonyl (C=O) groups excluding carboxylic acids is 1. The van der Waals surface area contributed by atoms with Crippen LogP contribution in [0, 0.1) is 0 Å². The Hall–Kier alpha value is -2.97. The van der Waals surface area contributed by atoms with Gasteiger partial charge in [-0.15, -0.1) is 0 Å². The van der Waals surface area contributed by atoms with Crippen LogP contribution in [-0.4, -0.2) is 43.4 Å². The van der Waals surface area contributed by atoms with Crippen LogP contribution in [0.2, 0.25) is 5.02 Å². The zero-order valence-corrected chi connectivity index (χ0v) is 18.4. The number of amides is 1. The van der Waals surface area contributed by atoms with Gasteiger partial charge in [-0.3, -0.25) is 9.10 Å². The zero-order chi connectivity index (χ0) is 22.0. The number of rotatable bonds is 5. The number of nitrogens with one attached hydrogen (secondary N) is 1. The summed E-state index contributed by atoms with van der Waals surface area (Å²) in [5.74, 6) is -0.264. The van der Waals surface area contributed by atoms with Crippen LogP contribution in [0.25, 0.3) is 0 Å². The Kier molecular flexibility index (Phi) is 5.93. The van der Waals surface area contributed by atoms with E-state index in [2.05, 4.69) is 22.2 Å². The van der Waals surface area contributed by atoms with E-state index in [0.29, 0.717) is 23.3 Å². The van der Waals surface area contributed by atoms with Crippen molar-refractivity contribution < 1.29 is 13.2 Å². The number of hydrogen-bond acceptors (Lipinski definition) is 5. The fraction of sp³-hybridized carbons (Fsp3) is 0.227. The van der Waals surface area contributed by atoms with Crippen molar-refractivity contribution in [3.63, 3.8) is 0 Å². The van der Waals surface area contributed by atoms with E-state index in [1.165, 1.54) is 16.6 Å². The number of nitrogens with zero attached hydrogens (tertiary/aromatic N) is 3. The molecule has 0 aromatic heterocycles. The Balaban J connectivity index is 1.49. The van der Waals surface area contributed by atoms with Crippen LogP contribution in [0.5, 0.6) is 0 Å². The van der Waals surface area contributed by atoms with Crippen molar-refractivity contribution in [2.75, 3.05) is 6.54 Å². The number of sulfonamides is 1. The number of halogens is 1. The molecule has 4 rings (SSSR count). The van der Waals surface area contributed by atoms with Gasteiger partial charge in [0.2, 0.25) is 6.29 Å². The standard InChI is InChI=1S/C22H21ClN4O3S/c1-2-15-7-9-16(10-8-15)21(28)26-22-24-13-17-14-27(12-11-19(17)25-22)31(29,30)20-6-4-3-5-18(20)23/h3-10,13-14,22H,2,11-12H2,1H3,(H,26,28). The minimum atomic E-state index is -3.78.